The van der Waals surface area contributed by atoms with Crippen LogP contribution in [0, 0.1) is 5.92 Å². The third-order valence-electron chi connectivity index (χ3n) is 1.70. The number of esters is 2. The number of rotatable bonds is 6. The maximum atomic E-state index is 11.4. The van der Waals surface area contributed by atoms with Crippen molar-refractivity contribution in [1.82, 2.24) is 0 Å². The second kappa shape index (κ2) is 7.51. The maximum absolute atomic E-state index is 11.4. The Morgan fingerprint density at radius 2 is 1.53 bits per heavy atom. The van der Waals surface area contributed by atoms with Crippen molar-refractivity contribution < 1.29 is 19.1 Å². The van der Waals surface area contributed by atoms with Gasteiger partial charge in [-0.15, -0.1) is 11.6 Å². The molecule has 1 unspecified atom stereocenters. The average Bonchev–Trinajstić information content (AvgIpc) is 2.14. The van der Waals surface area contributed by atoms with Crippen LogP contribution in [0.2, 0.25) is 0 Å². The van der Waals surface area contributed by atoms with Crippen molar-refractivity contribution in [3.8, 4) is 0 Å². The van der Waals surface area contributed by atoms with Crippen molar-refractivity contribution in [2.24, 2.45) is 5.92 Å². The molecular weight excluding hydrogens is 220 g/mol. The lowest BCUT2D eigenvalue weighted by Crippen LogP contribution is -2.29. The summed E-state index contributed by atoms with van der Waals surface area (Å²) < 4.78 is 9.55. The van der Waals surface area contributed by atoms with E-state index in [0.717, 1.165) is 0 Å². The van der Waals surface area contributed by atoms with Crippen LogP contribution in [0.4, 0.5) is 0 Å². The molecule has 0 spiro atoms. The first kappa shape index (κ1) is 14.2. The molecule has 0 aliphatic rings. The fourth-order valence-corrected chi connectivity index (χ4v) is 1.28. The van der Waals surface area contributed by atoms with Crippen molar-refractivity contribution in [3.63, 3.8) is 0 Å². The number of hydrogen-bond acceptors (Lipinski definition) is 4. The first-order chi connectivity index (χ1) is 7.02. The third-order valence-corrected chi connectivity index (χ3v) is 1.88. The van der Waals surface area contributed by atoms with E-state index in [1.54, 1.807) is 20.8 Å². The Morgan fingerprint density at radius 1 is 1.13 bits per heavy atom. The predicted molar refractivity (Wildman–Crippen MR) is 56.7 cm³/mol. The Bertz CT molecular complexity index is 197. The molecule has 0 aromatic heterocycles. The van der Waals surface area contributed by atoms with E-state index in [9.17, 15) is 9.59 Å². The molecule has 5 heteroatoms. The monoisotopic (exact) mass is 236 g/mol. The smallest absolute Gasteiger partial charge is 0.320 e. The third kappa shape index (κ3) is 5.62. The van der Waals surface area contributed by atoms with Crippen LogP contribution >= 0.6 is 11.6 Å². The summed E-state index contributed by atoms with van der Waals surface area (Å²) in [5.41, 5.74) is 0. The standard InChI is InChI=1S/C10H17ClO4/c1-4-14-9(12)8(6-7(3)11)10(13)15-5-2/h7-8H,4-6H2,1-3H3. The van der Waals surface area contributed by atoms with E-state index >= 15 is 0 Å². The predicted octanol–water partition coefficient (Wildman–Crippen LogP) is 1.75. The van der Waals surface area contributed by atoms with Gasteiger partial charge in [0.05, 0.1) is 13.2 Å². The minimum atomic E-state index is -0.905. The normalized spacial score (nSPS) is 12.3. The minimum Gasteiger partial charge on any atom is -0.465 e. The Kier molecular flexibility index (Phi) is 7.13. The largest absolute Gasteiger partial charge is 0.465 e. The van der Waals surface area contributed by atoms with Crippen molar-refractivity contribution in [1.29, 1.82) is 0 Å². The van der Waals surface area contributed by atoms with Crippen molar-refractivity contribution in [3.05, 3.63) is 0 Å². The highest BCUT2D eigenvalue weighted by molar-refractivity contribution is 6.20. The lowest BCUT2D eigenvalue weighted by atomic mass is 10.0. The molecule has 0 saturated heterocycles. The van der Waals surface area contributed by atoms with Gasteiger partial charge in [0.15, 0.2) is 5.92 Å². The average molecular weight is 237 g/mol. The molecule has 15 heavy (non-hydrogen) atoms. The molecule has 0 aliphatic heterocycles. The summed E-state index contributed by atoms with van der Waals surface area (Å²) in [6.07, 6.45) is 0.235. The van der Waals surface area contributed by atoms with E-state index in [1.807, 2.05) is 0 Å². The molecule has 0 aliphatic carbocycles. The fraction of sp³-hybridized carbons (Fsp3) is 0.800. The van der Waals surface area contributed by atoms with Gasteiger partial charge in [-0.05, 0) is 27.2 Å². The van der Waals surface area contributed by atoms with Crippen LogP contribution in [-0.4, -0.2) is 30.5 Å². The zero-order chi connectivity index (χ0) is 11.8. The van der Waals surface area contributed by atoms with Crippen molar-refractivity contribution in [2.75, 3.05) is 13.2 Å². The van der Waals surface area contributed by atoms with Gasteiger partial charge in [-0.2, -0.15) is 0 Å². The van der Waals surface area contributed by atoms with Crippen molar-refractivity contribution in [2.45, 2.75) is 32.6 Å². The van der Waals surface area contributed by atoms with Crippen molar-refractivity contribution >= 4 is 23.5 Å². The van der Waals surface area contributed by atoms with E-state index in [4.69, 9.17) is 21.1 Å². The summed E-state index contributed by atoms with van der Waals surface area (Å²) >= 11 is 5.75. The summed E-state index contributed by atoms with van der Waals surface area (Å²) in [4.78, 5) is 22.8. The summed E-state index contributed by atoms with van der Waals surface area (Å²) in [6.45, 7) is 5.57. The van der Waals surface area contributed by atoms with Gasteiger partial charge >= 0.3 is 11.9 Å². The Balaban J connectivity index is 4.42. The van der Waals surface area contributed by atoms with Crippen LogP contribution in [0.1, 0.15) is 27.2 Å². The van der Waals surface area contributed by atoms with Crippen LogP contribution in [0.25, 0.3) is 0 Å². The highest BCUT2D eigenvalue weighted by atomic mass is 35.5. The molecule has 1 atom stereocenters. The molecule has 0 saturated carbocycles. The molecule has 0 N–H and O–H groups in total. The SMILES string of the molecule is CCOC(=O)C(CC(C)Cl)C(=O)OCC. The van der Waals surface area contributed by atoms with Gasteiger partial charge in [0.1, 0.15) is 0 Å². The molecule has 88 valence electrons. The lowest BCUT2D eigenvalue weighted by Gasteiger charge is -2.14. The van der Waals surface area contributed by atoms with E-state index < -0.39 is 17.9 Å². The van der Waals surface area contributed by atoms with Gasteiger partial charge in [0, 0.05) is 5.38 Å². The highest BCUT2D eigenvalue weighted by Crippen LogP contribution is 2.15. The summed E-state index contributed by atoms with van der Waals surface area (Å²) in [5.74, 6) is -2.04. The number of carbonyl (C=O) groups is 2. The Hall–Kier alpha value is -0.770. The molecule has 0 bridgehead atoms. The first-order valence-electron chi connectivity index (χ1n) is 5.00. The highest BCUT2D eigenvalue weighted by Gasteiger charge is 2.30. The van der Waals surface area contributed by atoms with Gasteiger partial charge in [-0.25, -0.2) is 0 Å². The van der Waals surface area contributed by atoms with E-state index in [-0.39, 0.29) is 25.0 Å². The van der Waals surface area contributed by atoms with Crippen LogP contribution in [0.3, 0.4) is 0 Å². The zero-order valence-corrected chi connectivity index (χ0v) is 10.0. The molecule has 0 aromatic rings. The molecule has 0 radical (unpaired) electrons. The fourth-order valence-electron chi connectivity index (χ4n) is 1.10. The summed E-state index contributed by atoms with van der Waals surface area (Å²) in [5, 5.41) is -0.274. The molecule has 0 fully saturated rings. The molecule has 0 heterocycles. The molecule has 0 amide bonds. The number of alkyl halides is 1. The topological polar surface area (TPSA) is 52.6 Å². The summed E-state index contributed by atoms with van der Waals surface area (Å²) in [6, 6.07) is 0. The second-order valence-corrected chi connectivity index (χ2v) is 3.82. The lowest BCUT2D eigenvalue weighted by molar-refractivity contribution is -0.161. The quantitative estimate of drug-likeness (QED) is 0.401. The summed E-state index contributed by atoms with van der Waals surface area (Å²) in [7, 11) is 0. The van der Waals surface area contributed by atoms with E-state index in [2.05, 4.69) is 0 Å². The maximum Gasteiger partial charge on any atom is 0.320 e. The number of carbonyl (C=O) groups excluding carboxylic acids is 2. The van der Waals surface area contributed by atoms with Crippen LogP contribution < -0.4 is 0 Å². The van der Waals surface area contributed by atoms with Gasteiger partial charge in [0.25, 0.3) is 0 Å². The Labute approximate surface area is 94.9 Å². The van der Waals surface area contributed by atoms with Crippen LogP contribution in [0.15, 0.2) is 0 Å². The first-order valence-corrected chi connectivity index (χ1v) is 5.43. The van der Waals surface area contributed by atoms with Crippen LogP contribution in [-0.2, 0) is 19.1 Å². The number of hydrogen-bond donors (Lipinski definition) is 0. The molecule has 0 aromatic carbocycles. The van der Waals surface area contributed by atoms with E-state index in [1.165, 1.54) is 0 Å². The van der Waals surface area contributed by atoms with Gasteiger partial charge in [-0.1, -0.05) is 0 Å². The minimum absolute atomic E-state index is 0.235. The number of ether oxygens (including phenoxy) is 2. The molecule has 0 rings (SSSR count). The Morgan fingerprint density at radius 3 is 1.80 bits per heavy atom. The van der Waals surface area contributed by atoms with Gasteiger partial charge < -0.3 is 9.47 Å². The number of halogens is 1. The van der Waals surface area contributed by atoms with Crippen LogP contribution in [0.5, 0.6) is 0 Å². The molecule has 4 nitrogen and oxygen atoms in total. The van der Waals surface area contributed by atoms with E-state index in [0.29, 0.717) is 0 Å². The molecular formula is C10H17ClO4. The zero-order valence-electron chi connectivity index (χ0n) is 9.29. The second-order valence-electron chi connectivity index (χ2n) is 3.07. The van der Waals surface area contributed by atoms with Gasteiger partial charge in [-0.3, -0.25) is 9.59 Å². The van der Waals surface area contributed by atoms with Gasteiger partial charge in [0.2, 0.25) is 0 Å².